The van der Waals surface area contributed by atoms with Gasteiger partial charge in [-0.15, -0.1) is 0 Å². The summed E-state index contributed by atoms with van der Waals surface area (Å²) >= 11 is 0. The van der Waals surface area contributed by atoms with Gasteiger partial charge in [0.1, 0.15) is 11.6 Å². The largest absolute Gasteiger partial charge is 0.461 e. The second-order valence-electron chi connectivity index (χ2n) is 10.5. The first-order valence-corrected chi connectivity index (χ1v) is 12.9. The number of hydrogen-bond donors (Lipinski definition) is 2. The third kappa shape index (κ3) is 10.9. The second-order valence-corrected chi connectivity index (χ2v) is 10.5. The zero-order chi connectivity index (χ0) is 25.8. The van der Waals surface area contributed by atoms with E-state index in [9.17, 15) is 9.59 Å². The smallest absolute Gasteiger partial charge is 0.326 e. The van der Waals surface area contributed by atoms with Gasteiger partial charge in [-0.25, -0.2) is 10.3 Å². The molecule has 1 aliphatic carbocycles. The van der Waals surface area contributed by atoms with E-state index >= 15 is 0 Å². The van der Waals surface area contributed by atoms with Crippen LogP contribution in [0.5, 0.6) is 0 Å². The molecule has 7 nitrogen and oxygen atoms in total. The van der Waals surface area contributed by atoms with Crippen LogP contribution in [-0.2, 0) is 30.4 Å². The zero-order valence-corrected chi connectivity index (χ0v) is 22.3. The minimum Gasteiger partial charge on any atom is -0.461 e. The SMILES string of the molecule is CC(C)COC(C)ONC(=O)/C=C/c1ccc(CN[C@@](C)(CC(C)C)C(=O)OC2CCCC2)cc1. The molecular formula is C28H44N2O5. The Labute approximate surface area is 210 Å². The van der Waals surface area contributed by atoms with Gasteiger partial charge in [0.25, 0.3) is 5.91 Å². The first-order chi connectivity index (χ1) is 16.6. The average Bonchev–Trinajstić information content (AvgIpc) is 3.32. The molecule has 7 heteroatoms. The molecule has 1 aromatic rings. The number of ether oxygens (including phenoxy) is 2. The molecule has 1 saturated carbocycles. The maximum absolute atomic E-state index is 13.0. The number of hydrogen-bond acceptors (Lipinski definition) is 6. The number of nitrogens with one attached hydrogen (secondary N) is 2. The molecule has 196 valence electrons. The van der Waals surface area contributed by atoms with Gasteiger partial charge in [-0.3, -0.25) is 14.9 Å². The summed E-state index contributed by atoms with van der Waals surface area (Å²) in [5, 5.41) is 3.45. The van der Waals surface area contributed by atoms with Crippen LogP contribution in [0.2, 0.25) is 0 Å². The highest BCUT2D eigenvalue weighted by atomic mass is 16.8. The van der Waals surface area contributed by atoms with Crippen LogP contribution in [0, 0.1) is 11.8 Å². The van der Waals surface area contributed by atoms with Gasteiger partial charge in [-0.2, -0.15) is 0 Å². The van der Waals surface area contributed by atoms with Gasteiger partial charge in [0.15, 0.2) is 6.29 Å². The van der Waals surface area contributed by atoms with Crippen molar-refractivity contribution in [3.8, 4) is 0 Å². The molecule has 0 bridgehead atoms. The van der Waals surface area contributed by atoms with Crippen LogP contribution in [-0.4, -0.2) is 36.4 Å². The maximum Gasteiger partial charge on any atom is 0.326 e. The Kier molecular flexibility index (Phi) is 11.9. The summed E-state index contributed by atoms with van der Waals surface area (Å²) in [5.41, 5.74) is 3.58. The third-order valence-electron chi connectivity index (χ3n) is 5.92. The number of carbonyl (C=O) groups is 2. The molecule has 0 radical (unpaired) electrons. The van der Waals surface area contributed by atoms with Crippen LogP contribution in [0.4, 0.5) is 0 Å². The number of benzene rings is 1. The number of hydroxylamine groups is 1. The highest BCUT2D eigenvalue weighted by Gasteiger charge is 2.37. The Hall–Kier alpha value is -2.22. The quantitative estimate of drug-likeness (QED) is 0.163. The van der Waals surface area contributed by atoms with Crippen molar-refractivity contribution in [2.75, 3.05) is 6.61 Å². The normalized spacial score (nSPS) is 17.1. The molecule has 1 fully saturated rings. The van der Waals surface area contributed by atoms with Gasteiger partial charge < -0.3 is 9.47 Å². The van der Waals surface area contributed by atoms with Crippen LogP contribution >= 0.6 is 0 Å². The van der Waals surface area contributed by atoms with Crippen molar-refractivity contribution in [2.45, 2.75) is 98.1 Å². The molecule has 1 unspecified atom stereocenters. The number of amides is 1. The fourth-order valence-electron chi connectivity index (χ4n) is 4.08. The van der Waals surface area contributed by atoms with Gasteiger partial charge in [0, 0.05) is 12.6 Å². The minimum absolute atomic E-state index is 0.0558. The topological polar surface area (TPSA) is 85.9 Å². The van der Waals surface area contributed by atoms with E-state index in [-0.39, 0.29) is 18.0 Å². The fourth-order valence-corrected chi connectivity index (χ4v) is 4.08. The molecule has 1 amide bonds. The first kappa shape index (κ1) is 29.0. The van der Waals surface area contributed by atoms with Crippen LogP contribution < -0.4 is 10.8 Å². The molecule has 0 heterocycles. The standard InChI is InChI=1S/C28H44N2O5/c1-20(2)17-28(6,27(32)34-25-9-7-8-10-25)29-18-24-13-11-23(12-14-24)15-16-26(31)30-35-22(5)33-19-21(3)4/h11-16,20-22,25,29H,7-10,17-19H2,1-6H3,(H,30,31)/b16-15+/t22?,28-/m0/s1. The lowest BCUT2D eigenvalue weighted by Crippen LogP contribution is -2.51. The van der Waals surface area contributed by atoms with Crippen LogP contribution in [0.3, 0.4) is 0 Å². The zero-order valence-electron chi connectivity index (χ0n) is 22.3. The summed E-state index contributed by atoms with van der Waals surface area (Å²) in [6, 6.07) is 7.85. The molecule has 2 atom stereocenters. The van der Waals surface area contributed by atoms with E-state index in [0.717, 1.165) is 36.8 Å². The Balaban J connectivity index is 1.85. The Morgan fingerprint density at radius 2 is 1.71 bits per heavy atom. The summed E-state index contributed by atoms with van der Waals surface area (Å²) in [7, 11) is 0. The Morgan fingerprint density at radius 3 is 2.31 bits per heavy atom. The van der Waals surface area contributed by atoms with E-state index in [4.69, 9.17) is 14.3 Å². The van der Waals surface area contributed by atoms with Crippen LogP contribution in [0.25, 0.3) is 6.08 Å². The monoisotopic (exact) mass is 488 g/mol. The minimum atomic E-state index is -0.733. The fraction of sp³-hybridized carbons (Fsp3) is 0.643. The number of carbonyl (C=O) groups excluding carboxylic acids is 2. The molecule has 0 aromatic heterocycles. The van der Waals surface area contributed by atoms with E-state index in [1.54, 1.807) is 13.0 Å². The van der Waals surface area contributed by atoms with Crippen molar-refractivity contribution in [1.82, 2.24) is 10.8 Å². The maximum atomic E-state index is 13.0. The molecule has 0 saturated heterocycles. The molecule has 2 rings (SSSR count). The summed E-state index contributed by atoms with van der Waals surface area (Å²) < 4.78 is 11.3. The second kappa shape index (κ2) is 14.4. The molecule has 2 N–H and O–H groups in total. The summed E-state index contributed by atoms with van der Waals surface area (Å²) in [6.45, 7) is 13.1. The Morgan fingerprint density at radius 1 is 1.06 bits per heavy atom. The third-order valence-corrected chi connectivity index (χ3v) is 5.92. The lowest BCUT2D eigenvalue weighted by molar-refractivity contribution is -0.180. The molecular weight excluding hydrogens is 444 g/mol. The van der Waals surface area contributed by atoms with E-state index in [1.807, 2.05) is 45.0 Å². The van der Waals surface area contributed by atoms with Crippen molar-refractivity contribution in [3.63, 3.8) is 0 Å². The van der Waals surface area contributed by atoms with Crippen LogP contribution in [0.15, 0.2) is 30.3 Å². The summed E-state index contributed by atoms with van der Waals surface area (Å²) in [5.74, 6) is 0.233. The highest BCUT2D eigenvalue weighted by Crippen LogP contribution is 2.25. The number of rotatable bonds is 14. The van der Waals surface area contributed by atoms with Crippen LogP contribution in [0.1, 0.15) is 84.8 Å². The van der Waals surface area contributed by atoms with E-state index in [1.165, 1.54) is 6.08 Å². The predicted molar refractivity (Wildman–Crippen MR) is 138 cm³/mol. The van der Waals surface area contributed by atoms with Crippen molar-refractivity contribution in [1.29, 1.82) is 0 Å². The summed E-state index contributed by atoms with van der Waals surface area (Å²) in [4.78, 5) is 30.2. The predicted octanol–water partition coefficient (Wildman–Crippen LogP) is 5.15. The summed E-state index contributed by atoms with van der Waals surface area (Å²) in [6.07, 6.45) is 7.58. The van der Waals surface area contributed by atoms with Crippen molar-refractivity contribution in [2.24, 2.45) is 11.8 Å². The van der Waals surface area contributed by atoms with Gasteiger partial charge in [-0.05, 0) is 75.0 Å². The van der Waals surface area contributed by atoms with Crippen molar-refractivity contribution < 1.29 is 23.9 Å². The molecule has 0 spiro atoms. The lowest BCUT2D eigenvalue weighted by Gasteiger charge is -2.31. The lowest BCUT2D eigenvalue weighted by atomic mass is 9.90. The van der Waals surface area contributed by atoms with Crippen molar-refractivity contribution >= 4 is 18.0 Å². The van der Waals surface area contributed by atoms with Gasteiger partial charge >= 0.3 is 5.97 Å². The molecule has 35 heavy (non-hydrogen) atoms. The van der Waals surface area contributed by atoms with E-state index in [2.05, 4.69) is 24.6 Å². The van der Waals surface area contributed by atoms with Crippen molar-refractivity contribution in [3.05, 3.63) is 41.5 Å². The molecule has 1 aromatic carbocycles. The van der Waals surface area contributed by atoms with Gasteiger partial charge in [-0.1, -0.05) is 52.0 Å². The number of esters is 1. The van der Waals surface area contributed by atoms with Gasteiger partial charge in [0.05, 0.1) is 6.61 Å². The van der Waals surface area contributed by atoms with Gasteiger partial charge in [0.2, 0.25) is 0 Å². The first-order valence-electron chi connectivity index (χ1n) is 12.9. The average molecular weight is 489 g/mol. The highest BCUT2D eigenvalue weighted by molar-refractivity contribution is 5.90. The van der Waals surface area contributed by atoms with E-state index in [0.29, 0.717) is 31.4 Å². The van der Waals surface area contributed by atoms with E-state index < -0.39 is 11.8 Å². The molecule has 0 aliphatic heterocycles. The molecule has 1 aliphatic rings. The Bertz CT molecular complexity index is 815.